The van der Waals surface area contributed by atoms with Crippen LogP contribution < -0.4 is 10.1 Å². The molecule has 20 heavy (non-hydrogen) atoms. The Balaban J connectivity index is 1.84. The third kappa shape index (κ3) is 3.81. The molecule has 0 saturated heterocycles. The molecule has 0 aliphatic rings. The van der Waals surface area contributed by atoms with Gasteiger partial charge >= 0.3 is 0 Å². The zero-order chi connectivity index (χ0) is 14.2. The number of pyridine rings is 1. The second-order valence-corrected chi connectivity index (χ2v) is 4.43. The van der Waals surface area contributed by atoms with E-state index in [9.17, 15) is 0 Å². The molecule has 0 aliphatic carbocycles. The van der Waals surface area contributed by atoms with Crippen LogP contribution in [0.15, 0.2) is 42.7 Å². The van der Waals surface area contributed by atoms with Crippen molar-refractivity contribution in [2.45, 2.75) is 13.0 Å². The van der Waals surface area contributed by atoms with E-state index in [1.165, 1.54) is 5.56 Å². The van der Waals surface area contributed by atoms with Crippen molar-refractivity contribution in [3.8, 4) is 11.8 Å². The Kier molecular flexibility index (Phi) is 5.10. The summed E-state index contributed by atoms with van der Waals surface area (Å²) in [6, 6.07) is 11.8. The predicted octanol–water partition coefficient (Wildman–Crippen LogP) is 2.29. The molecule has 1 aromatic carbocycles. The van der Waals surface area contributed by atoms with Gasteiger partial charge < -0.3 is 10.1 Å². The van der Waals surface area contributed by atoms with Crippen molar-refractivity contribution >= 4 is 0 Å². The zero-order valence-corrected chi connectivity index (χ0v) is 11.5. The van der Waals surface area contributed by atoms with Crippen LogP contribution in [0.1, 0.15) is 16.7 Å². The molecule has 0 unspecified atom stereocenters. The van der Waals surface area contributed by atoms with E-state index in [1.54, 1.807) is 19.4 Å². The summed E-state index contributed by atoms with van der Waals surface area (Å²) in [5.74, 6) is 0.624. The van der Waals surface area contributed by atoms with Gasteiger partial charge in [-0.3, -0.25) is 4.98 Å². The standard InChI is InChI=1S/C16H17N3O/c1-20-16-9-14(4-5-15(16)10-17)12-19-8-6-13-3-2-7-18-11-13/h2-5,7,9,11,19H,6,8,12H2,1H3. The molecule has 0 spiro atoms. The van der Waals surface area contributed by atoms with Gasteiger partial charge in [0.1, 0.15) is 11.8 Å². The zero-order valence-electron chi connectivity index (χ0n) is 11.5. The molecule has 102 valence electrons. The summed E-state index contributed by atoms with van der Waals surface area (Å²) in [4.78, 5) is 4.09. The lowest BCUT2D eigenvalue weighted by atomic mass is 10.1. The summed E-state index contributed by atoms with van der Waals surface area (Å²) < 4.78 is 5.19. The highest BCUT2D eigenvalue weighted by molar-refractivity contribution is 5.45. The lowest BCUT2D eigenvalue weighted by molar-refractivity contribution is 0.412. The highest BCUT2D eigenvalue weighted by Gasteiger charge is 2.03. The summed E-state index contributed by atoms with van der Waals surface area (Å²) in [5, 5.41) is 12.3. The predicted molar refractivity (Wildman–Crippen MR) is 77.4 cm³/mol. The van der Waals surface area contributed by atoms with Crippen LogP contribution in [0.3, 0.4) is 0 Å². The van der Waals surface area contributed by atoms with Gasteiger partial charge in [0.15, 0.2) is 0 Å². The number of ether oxygens (including phenoxy) is 1. The first kappa shape index (κ1) is 14.0. The molecule has 0 amide bonds. The van der Waals surface area contributed by atoms with Crippen LogP contribution in [-0.2, 0) is 13.0 Å². The van der Waals surface area contributed by atoms with E-state index in [4.69, 9.17) is 10.00 Å². The van der Waals surface area contributed by atoms with Gasteiger partial charge in [0, 0.05) is 18.9 Å². The fraction of sp³-hybridized carbons (Fsp3) is 0.250. The number of methoxy groups -OCH3 is 1. The molecule has 4 nitrogen and oxygen atoms in total. The van der Waals surface area contributed by atoms with E-state index in [-0.39, 0.29) is 0 Å². The van der Waals surface area contributed by atoms with Crippen LogP contribution in [0.2, 0.25) is 0 Å². The van der Waals surface area contributed by atoms with Crippen molar-refractivity contribution in [3.63, 3.8) is 0 Å². The third-order valence-electron chi connectivity index (χ3n) is 3.03. The van der Waals surface area contributed by atoms with Gasteiger partial charge in [-0.05, 0) is 42.3 Å². The minimum atomic E-state index is 0.562. The number of hydrogen-bond acceptors (Lipinski definition) is 4. The maximum Gasteiger partial charge on any atom is 0.136 e. The fourth-order valence-electron chi connectivity index (χ4n) is 1.95. The summed E-state index contributed by atoms with van der Waals surface area (Å²) in [6.07, 6.45) is 4.60. The normalized spacial score (nSPS) is 10.0. The van der Waals surface area contributed by atoms with Crippen LogP contribution >= 0.6 is 0 Å². The Morgan fingerprint density at radius 1 is 1.30 bits per heavy atom. The Morgan fingerprint density at radius 2 is 2.20 bits per heavy atom. The average molecular weight is 267 g/mol. The third-order valence-corrected chi connectivity index (χ3v) is 3.03. The van der Waals surface area contributed by atoms with Gasteiger partial charge in [0.25, 0.3) is 0 Å². The van der Waals surface area contributed by atoms with Crippen LogP contribution in [0.4, 0.5) is 0 Å². The number of aromatic nitrogens is 1. The number of benzene rings is 1. The minimum Gasteiger partial charge on any atom is -0.495 e. The largest absolute Gasteiger partial charge is 0.495 e. The second-order valence-electron chi connectivity index (χ2n) is 4.43. The Hall–Kier alpha value is -2.38. The molecule has 0 atom stereocenters. The first-order chi connectivity index (χ1) is 9.83. The molecule has 0 saturated carbocycles. The number of rotatable bonds is 6. The summed E-state index contributed by atoms with van der Waals surface area (Å²) >= 11 is 0. The molecule has 0 fully saturated rings. The summed E-state index contributed by atoms with van der Waals surface area (Å²) in [5.41, 5.74) is 2.89. The molecule has 2 rings (SSSR count). The quantitative estimate of drug-likeness (QED) is 0.816. The van der Waals surface area contributed by atoms with Gasteiger partial charge in [0.05, 0.1) is 12.7 Å². The van der Waals surface area contributed by atoms with E-state index in [1.807, 2.05) is 24.4 Å². The first-order valence-corrected chi connectivity index (χ1v) is 6.50. The lowest BCUT2D eigenvalue weighted by Gasteiger charge is -2.08. The number of nitriles is 1. The molecular weight excluding hydrogens is 250 g/mol. The number of hydrogen-bond donors (Lipinski definition) is 1. The average Bonchev–Trinajstić information content (AvgIpc) is 2.52. The SMILES string of the molecule is COc1cc(CNCCc2cccnc2)ccc1C#N. The molecule has 4 heteroatoms. The molecule has 1 N–H and O–H groups in total. The van der Waals surface area contributed by atoms with E-state index < -0.39 is 0 Å². The number of nitrogens with one attached hydrogen (secondary N) is 1. The van der Waals surface area contributed by atoms with Gasteiger partial charge in [0.2, 0.25) is 0 Å². The first-order valence-electron chi connectivity index (χ1n) is 6.50. The topological polar surface area (TPSA) is 57.9 Å². The van der Waals surface area contributed by atoms with E-state index in [0.29, 0.717) is 11.3 Å². The van der Waals surface area contributed by atoms with E-state index >= 15 is 0 Å². The maximum absolute atomic E-state index is 8.93. The summed E-state index contributed by atoms with van der Waals surface area (Å²) in [6.45, 7) is 1.64. The van der Waals surface area contributed by atoms with Crippen LogP contribution in [0.5, 0.6) is 5.75 Å². The highest BCUT2D eigenvalue weighted by atomic mass is 16.5. The Bertz CT molecular complexity index is 590. The van der Waals surface area contributed by atoms with Crippen molar-refractivity contribution in [2.75, 3.05) is 13.7 Å². The maximum atomic E-state index is 8.93. The molecule has 2 aromatic rings. The molecule has 0 bridgehead atoms. The molecule has 1 aromatic heterocycles. The van der Waals surface area contributed by atoms with E-state index in [0.717, 1.165) is 25.1 Å². The van der Waals surface area contributed by atoms with Gasteiger partial charge in [-0.15, -0.1) is 0 Å². The van der Waals surface area contributed by atoms with Crippen LogP contribution in [0, 0.1) is 11.3 Å². The van der Waals surface area contributed by atoms with Crippen molar-refractivity contribution in [1.82, 2.24) is 10.3 Å². The number of nitrogens with zero attached hydrogens (tertiary/aromatic N) is 2. The molecule has 0 aliphatic heterocycles. The van der Waals surface area contributed by atoms with Gasteiger partial charge in [-0.25, -0.2) is 0 Å². The van der Waals surface area contributed by atoms with Gasteiger partial charge in [-0.1, -0.05) is 12.1 Å². The smallest absolute Gasteiger partial charge is 0.136 e. The molecule has 1 heterocycles. The monoisotopic (exact) mass is 267 g/mol. The fourth-order valence-corrected chi connectivity index (χ4v) is 1.95. The Labute approximate surface area is 119 Å². The van der Waals surface area contributed by atoms with Gasteiger partial charge in [-0.2, -0.15) is 5.26 Å². The van der Waals surface area contributed by atoms with Crippen molar-refractivity contribution in [1.29, 1.82) is 5.26 Å². The van der Waals surface area contributed by atoms with Crippen molar-refractivity contribution in [2.24, 2.45) is 0 Å². The highest BCUT2D eigenvalue weighted by Crippen LogP contribution is 2.19. The second kappa shape index (κ2) is 7.27. The lowest BCUT2D eigenvalue weighted by Crippen LogP contribution is -2.16. The van der Waals surface area contributed by atoms with E-state index in [2.05, 4.69) is 22.4 Å². The van der Waals surface area contributed by atoms with Crippen molar-refractivity contribution in [3.05, 3.63) is 59.4 Å². The minimum absolute atomic E-state index is 0.562. The summed E-state index contributed by atoms with van der Waals surface area (Å²) in [7, 11) is 1.58. The molecular formula is C16H17N3O. The van der Waals surface area contributed by atoms with Crippen molar-refractivity contribution < 1.29 is 4.74 Å². The molecule has 0 radical (unpaired) electrons. The van der Waals surface area contributed by atoms with Crippen LogP contribution in [-0.4, -0.2) is 18.6 Å². The van der Waals surface area contributed by atoms with Crippen LogP contribution in [0.25, 0.3) is 0 Å². The Morgan fingerprint density at radius 3 is 2.90 bits per heavy atom.